The first kappa shape index (κ1) is 11.0. The van der Waals surface area contributed by atoms with Gasteiger partial charge in [0.05, 0.1) is 4.88 Å². The predicted octanol–water partition coefficient (Wildman–Crippen LogP) is 3.10. The van der Waals surface area contributed by atoms with E-state index in [1.165, 1.54) is 30.6 Å². The zero-order valence-corrected chi connectivity index (χ0v) is 10.2. The van der Waals surface area contributed by atoms with Crippen LogP contribution in [0.25, 0.3) is 0 Å². The molecular formula is C11H15NOS2. The highest BCUT2D eigenvalue weighted by atomic mass is 32.1. The number of hydrogen-bond donors (Lipinski definition) is 2. The second kappa shape index (κ2) is 5.03. The molecule has 0 radical (unpaired) electrons. The van der Waals surface area contributed by atoms with Gasteiger partial charge in [0.2, 0.25) is 0 Å². The first-order chi connectivity index (χ1) is 7.25. The van der Waals surface area contributed by atoms with Gasteiger partial charge in [0.25, 0.3) is 5.91 Å². The molecule has 15 heavy (non-hydrogen) atoms. The van der Waals surface area contributed by atoms with Crippen LogP contribution in [-0.2, 0) is 0 Å². The molecule has 2 nitrogen and oxygen atoms in total. The molecule has 0 bridgehead atoms. The molecule has 2 rings (SSSR count). The molecule has 0 spiro atoms. The molecule has 1 aromatic heterocycles. The van der Waals surface area contributed by atoms with Crippen molar-refractivity contribution in [1.82, 2.24) is 5.32 Å². The summed E-state index contributed by atoms with van der Waals surface area (Å²) < 4.78 is 0. The van der Waals surface area contributed by atoms with E-state index in [0.29, 0.717) is 6.04 Å². The number of nitrogens with one attached hydrogen (secondary N) is 1. The van der Waals surface area contributed by atoms with Crippen LogP contribution < -0.4 is 5.32 Å². The first-order valence-corrected chi connectivity index (χ1v) is 6.67. The highest BCUT2D eigenvalue weighted by Crippen LogP contribution is 2.20. The van der Waals surface area contributed by atoms with Gasteiger partial charge in [-0.25, -0.2) is 0 Å². The molecule has 1 aliphatic rings. The fraction of sp³-hybridized carbons (Fsp3) is 0.545. The molecule has 1 aliphatic carbocycles. The molecule has 4 heteroatoms. The van der Waals surface area contributed by atoms with Gasteiger partial charge in [0, 0.05) is 16.3 Å². The molecule has 0 unspecified atom stereocenters. The normalized spacial score (nSPS) is 17.7. The van der Waals surface area contributed by atoms with Crippen LogP contribution in [0.3, 0.4) is 0 Å². The van der Waals surface area contributed by atoms with E-state index < -0.39 is 0 Å². The van der Waals surface area contributed by atoms with Crippen LogP contribution in [-0.4, -0.2) is 11.9 Å². The monoisotopic (exact) mass is 241 g/mol. The Morgan fingerprint density at radius 3 is 2.73 bits per heavy atom. The topological polar surface area (TPSA) is 29.1 Å². The molecule has 1 heterocycles. The minimum absolute atomic E-state index is 0.0622. The zero-order valence-electron chi connectivity index (χ0n) is 8.53. The van der Waals surface area contributed by atoms with Crippen molar-refractivity contribution in [3.05, 3.63) is 16.3 Å². The maximum atomic E-state index is 11.8. The van der Waals surface area contributed by atoms with E-state index in [-0.39, 0.29) is 5.91 Å². The molecule has 1 aromatic rings. The molecule has 0 atom stereocenters. The van der Waals surface area contributed by atoms with Crippen molar-refractivity contribution in [3.63, 3.8) is 0 Å². The van der Waals surface area contributed by atoms with Crippen LogP contribution in [0.4, 0.5) is 0 Å². The quantitative estimate of drug-likeness (QED) is 0.765. The molecular weight excluding hydrogens is 226 g/mol. The van der Waals surface area contributed by atoms with Gasteiger partial charge in [-0.1, -0.05) is 19.3 Å². The van der Waals surface area contributed by atoms with Crippen molar-refractivity contribution in [3.8, 4) is 0 Å². The van der Waals surface area contributed by atoms with Gasteiger partial charge in [-0.15, -0.1) is 24.0 Å². The maximum absolute atomic E-state index is 11.8. The van der Waals surface area contributed by atoms with E-state index in [2.05, 4.69) is 17.9 Å². The molecule has 0 aliphatic heterocycles. The van der Waals surface area contributed by atoms with E-state index in [9.17, 15) is 4.79 Å². The fourth-order valence-corrected chi connectivity index (χ4v) is 3.00. The summed E-state index contributed by atoms with van der Waals surface area (Å²) >= 11 is 5.65. The van der Waals surface area contributed by atoms with Crippen LogP contribution in [0.1, 0.15) is 41.8 Å². The summed E-state index contributed by atoms with van der Waals surface area (Å²) in [5, 5.41) is 4.97. The number of carbonyl (C=O) groups is 1. The molecule has 82 valence electrons. The minimum Gasteiger partial charge on any atom is -0.349 e. The Kier molecular flexibility index (Phi) is 3.70. The third-order valence-electron chi connectivity index (χ3n) is 2.75. The van der Waals surface area contributed by atoms with E-state index in [1.807, 2.05) is 11.4 Å². The Bertz CT molecular complexity index is 342. The minimum atomic E-state index is 0.0622. The van der Waals surface area contributed by atoms with Crippen molar-refractivity contribution >= 4 is 29.9 Å². The lowest BCUT2D eigenvalue weighted by Crippen LogP contribution is -2.35. The third-order valence-corrected chi connectivity index (χ3v) is 4.11. The summed E-state index contributed by atoms with van der Waals surface area (Å²) in [5.74, 6) is 0.0622. The van der Waals surface area contributed by atoms with E-state index in [4.69, 9.17) is 0 Å². The lowest BCUT2D eigenvalue weighted by molar-refractivity contribution is 0.0932. The summed E-state index contributed by atoms with van der Waals surface area (Å²) in [6.45, 7) is 0. The fourth-order valence-electron chi connectivity index (χ4n) is 1.95. The highest BCUT2D eigenvalue weighted by molar-refractivity contribution is 7.80. The number of amides is 1. The first-order valence-electron chi connectivity index (χ1n) is 5.34. The van der Waals surface area contributed by atoms with Crippen LogP contribution in [0, 0.1) is 0 Å². The average Bonchev–Trinajstić information content (AvgIpc) is 2.66. The second-order valence-electron chi connectivity index (χ2n) is 3.98. The number of hydrogen-bond acceptors (Lipinski definition) is 3. The maximum Gasteiger partial charge on any atom is 0.261 e. The van der Waals surface area contributed by atoms with Gasteiger partial charge in [-0.05, 0) is 18.9 Å². The SMILES string of the molecule is O=C(NC1CCCCC1)c1cc(S)cs1. The summed E-state index contributed by atoms with van der Waals surface area (Å²) in [4.78, 5) is 13.4. The van der Waals surface area contributed by atoms with Gasteiger partial charge >= 0.3 is 0 Å². The molecule has 1 amide bonds. The van der Waals surface area contributed by atoms with E-state index >= 15 is 0 Å². The summed E-state index contributed by atoms with van der Waals surface area (Å²) in [6, 6.07) is 2.21. The molecule has 0 saturated heterocycles. The van der Waals surface area contributed by atoms with Crippen LogP contribution in [0.15, 0.2) is 16.3 Å². The number of thiophene rings is 1. The highest BCUT2D eigenvalue weighted by Gasteiger charge is 2.17. The zero-order chi connectivity index (χ0) is 10.7. The van der Waals surface area contributed by atoms with Gasteiger partial charge in [-0.2, -0.15) is 0 Å². The number of carbonyl (C=O) groups excluding carboxylic acids is 1. The largest absolute Gasteiger partial charge is 0.349 e. The number of thiol groups is 1. The predicted molar refractivity (Wildman–Crippen MR) is 65.9 cm³/mol. The van der Waals surface area contributed by atoms with E-state index in [0.717, 1.165) is 22.6 Å². The summed E-state index contributed by atoms with van der Waals surface area (Å²) in [6.07, 6.45) is 6.06. The lowest BCUT2D eigenvalue weighted by atomic mass is 9.95. The Morgan fingerprint density at radius 2 is 2.13 bits per heavy atom. The Hall–Kier alpha value is -0.480. The van der Waals surface area contributed by atoms with Gasteiger partial charge in [-0.3, -0.25) is 4.79 Å². The molecule has 1 N–H and O–H groups in total. The van der Waals surface area contributed by atoms with Crippen LogP contribution in [0.2, 0.25) is 0 Å². The Labute approximate surface area is 99.5 Å². The summed E-state index contributed by atoms with van der Waals surface area (Å²) in [5.41, 5.74) is 0. The van der Waals surface area contributed by atoms with Gasteiger partial charge in [0.15, 0.2) is 0 Å². The third kappa shape index (κ3) is 2.98. The van der Waals surface area contributed by atoms with Crippen molar-refractivity contribution in [2.24, 2.45) is 0 Å². The van der Waals surface area contributed by atoms with Crippen molar-refractivity contribution < 1.29 is 4.79 Å². The molecule has 0 aromatic carbocycles. The second-order valence-corrected chi connectivity index (χ2v) is 5.41. The standard InChI is InChI=1S/C11H15NOS2/c13-11(10-6-9(14)7-15-10)12-8-4-2-1-3-5-8/h6-8,14H,1-5H2,(H,12,13). The molecule has 1 saturated carbocycles. The van der Waals surface area contributed by atoms with Crippen molar-refractivity contribution in [1.29, 1.82) is 0 Å². The van der Waals surface area contributed by atoms with Crippen molar-refractivity contribution in [2.45, 2.75) is 43.0 Å². The van der Waals surface area contributed by atoms with Crippen LogP contribution in [0.5, 0.6) is 0 Å². The van der Waals surface area contributed by atoms with Crippen LogP contribution >= 0.6 is 24.0 Å². The Balaban J connectivity index is 1.91. The van der Waals surface area contributed by atoms with Gasteiger partial charge in [0.1, 0.15) is 0 Å². The van der Waals surface area contributed by atoms with Crippen molar-refractivity contribution in [2.75, 3.05) is 0 Å². The Morgan fingerprint density at radius 1 is 1.40 bits per heavy atom. The molecule has 1 fully saturated rings. The summed E-state index contributed by atoms with van der Waals surface area (Å²) in [7, 11) is 0. The van der Waals surface area contributed by atoms with Gasteiger partial charge < -0.3 is 5.32 Å². The lowest BCUT2D eigenvalue weighted by Gasteiger charge is -2.22. The average molecular weight is 241 g/mol. The smallest absolute Gasteiger partial charge is 0.261 e. The van der Waals surface area contributed by atoms with E-state index in [1.54, 1.807) is 0 Å². The number of rotatable bonds is 2.